The van der Waals surface area contributed by atoms with Gasteiger partial charge in [0.1, 0.15) is 5.60 Å². The van der Waals surface area contributed by atoms with Gasteiger partial charge in [0, 0.05) is 38.9 Å². The van der Waals surface area contributed by atoms with Crippen molar-refractivity contribution < 1.29 is 14.3 Å². The molecule has 142 valence electrons. The van der Waals surface area contributed by atoms with Crippen LogP contribution in [-0.4, -0.2) is 53.6 Å². The van der Waals surface area contributed by atoms with Crippen LogP contribution in [0.4, 0.5) is 4.79 Å². The molecule has 2 fully saturated rings. The molecule has 3 rings (SSSR count). The number of likely N-dealkylation sites (tertiary alicyclic amines) is 1. The quantitative estimate of drug-likeness (QED) is 0.777. The maximum atomic E-state index is 12.4. The SMILES string of the molecule is CCCCC(=O)N1CCC2(CC1)CN(C[C@H](C)c1ccccc1)C(=O)O2. The third-order valence-electron chi connectivity index (χ3n) is 5.68. The van der Waals surface area contributed by atoms with Gasteiger partial charge in [-0.2, -0.15) is 0 Å². The van der Waals surface area contributed by atoms with E-state index in [4.69, 9.17) is 4.74 Å². The molecular formula is C21H30N2O3. The Labute approximate surface area is 156 Å². The summed E-state index contributed by atoms with van der Waals surface area (Å²) in [5, 5.41) is 0. The molecule has 1 spiro atoms. The minimum atomic E-state index is -0.408. The van der Waals surface area contributed by atoms with Crippen molar-refractivity contribution in [1.82, 2.24) is 9.80 Å². The van der Waals surface area contributed by atoms with Crippen molar-refractivity contribution in [3.63, 3.8) is 0 Å². The monoisotopic (exact) mass is 358 g/mol. The second-order valence-corrected chi connectivity index (χ2v) is 7.73. The summed E-state index contributed by atoms with van der Waals surface area (Å²) in [6.45, 7) is 6.93. The van der Waals surface area contributed by atoms with Gasteiger partial charge in [0.05, 0.1) is 6.54 Å². The molecule has 2 aliphatic heterocycles. The van der Waals surface area contributed by atoms with Crippen molar-refractivity contribution in [3.05, 3.63) is 35.9 Å². The van der Waals surface area contributed by atoms with Gasteiger partial charge in [-0.05, 0) is 17.9 Å². The predicted octanol–water partition coefficient (Wildman–Crippen LogP) is 3.79. The zero-order chi connectivity index (χ0) is 18.6. The number of amides is 2. The number of rotatable bonds is 6. The molecule has 1 aromatic carbocycles. The third kappa shape index (κ3) is 4.19. The van der Waals surface area contributed by atoms with E-state index in [1.807, 2.05) is 28.0 Å². The molecule has 0 radical (unpaired) electrons. The Kier molecular flexibility index (Phi) is 5.84. The molecule has 2 saturated heterocycles. The lowest BCUT2D eigenvalue weighted by molar-refractivity contribution is -0.134. The minimum absolute atomic E-state index is 0.210. The van der Waals surface area contributed by atoms with Crippen molar-refractivity contribution in [3.8, 4) is 0 Å². The first-order chi connectivity index (χ1) is 12.5. The summed E-state index contributed by atoms with van der Waals surface area (Å²) >= 11 is 0. The summed E-state index contributed by atoms with van der Waals surface area (Å²) in [5.74, 6) is 0.509. The number of hydrogen-bond acceptors (Lipinski definition) is 3. The highest BCUT2D eigenvalue weighted by Crippen LogP contribution is 2.34. The van der Waals surface area contributed by atoms with Crippen LogP contribution in [0.1, 0.15) is 57.4 Å². The van der Waals surface area contributed by atoms with Crippen LogP contribution in [0.3, 0.4) is 0 Å². The summed E-state index contributed by atoms with van der Waals surface area (Å²) in [6.07, 6.45) is 3.89. The van der Waals surface area contributed by atoms with E-state index in [0.717, 1.165) is 25.7 Å². The standard InChI is InChI=1S/C21H30N2O3/c1-3-4-10-19(24)22-13-11-21(12-14-22)16-23(20(25)26-21)15-17(2)18-8-6-5-7-9-18/h5-9,17H,3-4,10-16H2,1-2H3/t17-/m0/s1. The molecule has 2 amide bonds. The van der Waals surface area contributed by atoms with Gasteiger partial charge < -0.3 is 14.5 Å². The van der Waals surface area contributed by atoms with Crippen LogP contribution in [0.5, 0.6) is 0 Å². The topological polar surface area (TPSA) is 49.9 Å². The van der Waals surface area contributed by atoms with E-state index in [1.54, 1.807) is 0 Å². The Morgan fingerprint density at radius 3 is 2.58 bits per heavy atom. The second kappa shape index (κ2) is 8.11. The molecule has 0 aliphatic carbocycles. The molecule has 0 bridgehead atoms. The summed E-state index contributed by atoms with van der Waals surface area (Å²) in [4.78, 5) is 28.4. The first-order valence-electron chi connectivity index (χ1n) is 9.83. The minimum Gasteiger partial charge on any atom is -0.441 e. The van der Waals surface area contributed by atoms with Crippen LogP contribution in [0.25, 0.3) is 0 Å². The average molecular weight is 358 g/mol. The lowest BCUT2D eigenvalue weighted by Crippen LogP contribution is -2.48. The summed E-state index contributed by atoms with van der Waals surface area (Å²) in [5.41, 5.74) is 0.826. The Hall–Kier alpha value is -2.04. The number of nitrogens with zero attached hydrogens (tertiary/aromatic N) is 2. The summed E-state index contributed by atoms with van der Waals surface area (Å²) in [6, 6.07) is 10.3. The van der Waals surface area contributed by atoms with Crippen molar-refractivity contribution >= 4 is 12.0 Å². The number of unbranched alkanes of at least 4 members (excludes halogenated alkanes) is 1. The lowest BCUT2D eigenvalue weighted by atomic mass is 9.90. The van der Waals surface area contributed by atoms with Crippen molar-refractivity contribution in [2.75, 3.05) is 26.2 Å². The molecule has 0 N–H and O–H groups in total. The third-order valence-corrected chi connectivity index (χ3v) is 5.68. The molecule has 0 aromatic heterocycles. The molecule has 2 heterocycles. The summed E-state index contributed by atoms with van der Waals surface area (Å²) in [7, 11) is 0. The van der Waals surface area contributed by atoms with E-state index in [-0.39, 0.29) is 17.9 Å². The highest BCUT2D eigenvalue weighted by atomic mass is 16.6. The van der Waals surface area contributed by atoms with E-state index < -0.39 is 5.60 Å². The number of ether oxygens (including phenoxy) is 1. The molecule has 0 saturated carbocycles. The number of hydrogen-bond donors (Lipinski definition) is 0. The Bertz CT molecular complexity index is 623. The van der Waals surface area contributed by atoms with Gasteiger partial charge in [-0.1, -0.05) is 50.6 Å². The van der Waals surface area contributed by atoms with E-state index in [1.165, 1.54) is 5.56 Å². The first-order valence-corrected chi connectivity index (χ1v) is 9.83. The van der Waals surface area contributed by atoms with Crippen molar-refractivity contribution in [1.29, 1.82) is 0 Å². The molecule has 5 heteroatoms. The molecule has 2 aliphatic rings. The van der Waals surface area contributed by atoms with Crippen molar-refractivity contribution in [2.24, 2.45) is 0 Å². The molecule has 26 heavy (non-hydrogen) atoms. The number of piperidine rings is 1. The fourth-order valence-electron chi connectivity index (χ4n) is 3.96. The predicted molar refractivity (Wildman–Crippen MR) is 101 cm³/mol. The van der Waals surface area contributed by atoms with Gasteiger partial charge in [-0.15, -0.1) is 0 Å². The van der Waals surface area contributed by atoms with Crippen LogP contribution >= 0.6 is 0 Å². The molecular weight excluding hydrogens is 328 g/mol. The highest BCUT2D eigenvalue weighted by molar-refractivity contribution is 5.76. The summed E-state index contributed by atoms with van der Waals surface area (Å²) < 4.78 is 5.80. The normalized spacial score (nSPS) is 20.3. The zero-order valence-electron chi connectivity index (χ0n) is 15.9. The van der Waals surface area contributed by atoms with Gasteiger partial charge in [-0.25, -0.2) is 4.79 Å². The number of carbonyl (C=O) groups is 2. The van der Waals surface area contributed by atoms with E-state index in [2.05, 4.69) is 26.0 Å². The smallest absolute Gasteiger partial charge is 0.410 e. The van der Waals surface area contributed by atoms with Crippen LogP contribution in [0.15, 0.2) is 30.3 Å². The Morgan fingerprint density at radius 2 is 1.92 bits per heavy atom. The highest BCUT2D eigenvalue weighted by Gasteiger charge is 2.47. The van der Waals surface area contributed by atoms with Gasteiger partial charge in [0.2, 0.25) is 5.91 Å². The van der Waals surface area contributed by atoms with Crippen LogP contribution in [0.2, 0.25) is 0 Å². The van der Waals surface area contributed by atoms with Crippen LogP contribution in [-0.2, 0) is 9.53 Å². The zero-order valence-corrected chi connectivity index (χ0v) is 15.9. The fraction of sp³-hybridized carbons (Fsp3) is 0.619. The van der Waals surface area contributed by atoms with Gasteiger partial charge in [0.15, 0.2) is 0 Å². The van der Waals surface area contributed by atoms with E-state index >= 15 is 0 Å². The second-order valence-electron chi connectivity index (χ2n) is 7.73. The Morgan fingerprint density at radius 1 is 1.23 bits per heavy atom. The lowest BCUT2D eigenvalue weighted by Gasteiger charge is -2.37. The van der Waals surface area contributed by atoms with E-state index in [9.17, 15) is 9.59 Å². The maximum Gasteiger partial charge on any atom is 0.410 e. The molecule has 5 nitrogen and oxygen atoms in total. The molecule has 0 unspecified atom stereocenters. The molecule has 1 aromatic rings. The maximum absolute atomic E-state index is 12.4. The first kappa shape index (κ1) is 18.7. The van der Waals surface area contributed by atoms with Gasteiger partial charge in [0.25, 0.3) is 0 Å². The average Bonchev–Trinajstić information content (AvgIpc) is 2.95. The number of benzene rings is 1. The van der Waals surface area contributed by atoms with E-state index in [0.29, 0.717) is 32.6 Å². The Balaban J connectivity index is 1.54. The van der Waals surface area contributed by atoms with Crippen LogP contribution < -0.4 is 0 Å². The van der Waals surface area contributed by atoms with Gasteiger partial charge in [-0.3, -0.25) is 4.79 Å². The van der Waals surface area contributed by atoms with Crippen molar-refractivity contribution in [2.45, 2.75) is 57.5 Å². The number of carbonyl (C=O) groups excluding carboxylic acids is 2. The fourth-order valence-corrected chi connectivity index (χ4v) is 3.96. The largest absolute Gasteiger partial charge is 0.441 e. The van der Waals surface area contributed by atoms with Gasteiger partial charge >= 0.3 is 6.09 Å². The molecule has 1 atom stereocenters. The van der Waals surface area contributed by atoms with Crippen LogP contribution in [0, 0.1) is 0 Å².